The fraction of sp³-hybridized carbons (Fsp3) is 0.943. The number of ether oxygens (including phenoxy) is 6. The summed E-state index contributed by atoms with van der Waals surface area (Å²) in [4.78, 5) is 43.8. The van der Waals surface area contributed by atoms with Crippen LogP contribution in [0.25, 0.3) is 0 Å². The van der Waals surface area contributed by atoms with Crippen molar-refractivity contribution in [1.29, 1.82) is 0 Å². The second-order valence-corrected chi connectivity index (χ2v) is 19.5. The number of rotatable bonds is 41. The Morgan fingerprint density at radius 2 is 0.714 bits per heavy atom. The molecule has 4 atom stereocenters. The molecule has 0 N–H and O–H groups in total. The summed E-state index contributed by atoms with van der Waals surface area (Å²) in [5, 5.41) is 0. The fourth-order valence-corrected chi connectivity index (χ4v) is 10.1. The first kappa shape index (κ1) is 55.6. The van der Waals surface area contributed by atoms with Crippen LogP contribution in [0.5, 0.6) is 0 Å². The third-order valence-corrected chi connectivity index (χ3v) is 14.1. The van der Waals surface area contributed by atoms with Crippen molar-refractivity contribution < 1.29 is 42.8 Å². The van der Waals surface area contributed by atoms with Gasteiger partial charge in [-0.3, -0.25) is 14.4 Å². The SMILES string of the molecule is CCCCCCCCC(CCCCCCCC)CC(=O)OC1C2OC3OC(C2OC(=O)CCCN(CC)CC)C(OC(=O)CC(CCCCCCCC)CCCCCCCC)C1O3. The molecule has 10 heteroatoms. The number of hydrogen-bond donors (Lipinski definition) is 0. The van der Waals surface area contributed by atoms with Crippen molar-refractivity contribution in [3.05, 3.63) is 0 Å². The molecule has 0 amide bonds. The van der Waals surface area contributed by atoms with Crippen molar-refractivity contribution in [2.24, 2.45) is 11.8 Å². The summed E-state index contributed by atoms with van der Waals surface area (Å²) in [6, 6.07) is 0. The van der Waals surface area contributed by atoms with Gasteiger partial charge in [0.2, 0.25) is 0 Å². The van der Waals surface area contributed by atoms with Gasteiger partial charge in [0, 0.05) is 19.3 Å². The molecule has 10 nitrogen and oxygen atoms in total. The van der Waals surface area contributed by atoms with E-state index in [1.54, 1.807) is 0 Å². The molecule has 1 saturated carbocycles. The van der Waals surface area contributed by atoms with E-state index in [2.05, 4.69) is 46.4 Å². The van der Waals surface area contributed by atoms with Gasteiger partial charge < -0.3 is 33.3 Å². The Hall–Kier alpha value is -1.75. The van der Waals surface area contributed by atoms with Gasteiger partial charge in [-0.2, -0.15) is 0 Å². The maximum Gasteiger partial charge on any atom is 0.306 e. The number of carbonyl (C=O) groups is 3. The van der Waals surface area contributed by atoms with E-state index in [-0.39, 0.29) is 36.2 Å². The minimum atomic E-state index is -1.01. The molecule has 3 saturated heterocycles. The van der Waals surface area contributed by atoms with Crippen LogP contribution < -0.4 is 0 Å². The van der Waals surface area contributed by atoms with Gasteiger partial charge in [-0.15, -0.1) is 0 Å². The predicted molar refractivity (Wildman–Crippen MR) is 253 cm³/mol. The molecule has 3 aliphatic heterocycles. The average Bonchev–Trinajstić information content (AvgIpc) is 3.27. The van der Waals surface area contributed by atoms with E-state index in [1.165, 1.54) is 128 Å². The zero-order chi connectivity index (χ0) is 45.5. The molecule has 4 fully saturated rings. The normalized spacial score (nSPS) is 22.7. The molecule has 3 heterocycles. The van der Waals surface area contributed by atoms with Gasteiger partial charge in [-0.25, -0.2) is 0 Å². The van der Waals surface area contributed by atoms with Crippen LogP contribution in [0.4, 0.5) is 0 Å². The van der Waals surface area contributed by atoms with Gasteiger partial charge >= 0.3 is 17.9 Å². The lowest BCUT2D eigenvalue weighted by atomic mass is 9.82. The predicted octanol–water partition coefficient (Wildman–Crippen LogP) is 13.3. The Morgan fingerprint density at radius 3 is 1.03 bits per heavy atom. The maximum absolute atomic E-state index is 14.0. The highest BCUT2D eigenvalue weighted by Gasteiger charge is 2.66. The average molecular weight is 892 g/mol. The maximum atomic E-state index is 14.0. The lowest BCUT2D eigenvalue weighted by molar-refractivity contribution is -0.480. The Morgan fingerprint density at radius 1 is 0.413 bits per heavy atom. The minimum Gasteiger partial charge on any atom is -0.456 e. The summed E-state index contributed by atoms with van der Waals surface area (Å²) in [5.74, 6) is -0.483. The number of esters is 3. The molecular weight excluding hydrogens is 795 g/mol. The first-order chi connectivity index (χ1) is 30.8. The monoisotopic (exact) mass is 892 g/mol. The van der Waals surface area contributed by atoms with Gasteiger partial charge in [0.15, 0.2) is 18.3 Å². The molecule has 4 rings (SSSR count). The first-order valence-electron chi connectivity index (χ1n) is 27.0. The summed E-state index contributed by atoms with van der Waals surface area (Å²) in [6.07, 6.45) is 29.8. The molecule has 4 aliphatic rings. The molecule has 63 heavy (non-hydrogen) atoms. The van der Waals surface area contributed by atoms with Crippen LogP contribution in [0, 0.1) is 11.8 Å². The van der Waals surface area contributed by atoms with Crippen molar-refractivity contribution in [2.45, 2.75) is 290 Å². The Kier molecular flexibility index (Phi) is 30.5. The fourth-order valence-electron chi connectivity index (χ4n) is 10.1. The molecule has 0 radical (unpaired) electrons. The van der Waals surface area contributed by atoms with E-state index in [4.69, 9.17) is 28.4 Å². The molecule has 0 aromatic heterocycles. The summed E-state index contributed by atoms with van der Waals surface area (Å²) in [7, 11) is 0. The highest BCUT2D eigenvalue weighted by atomic mass is 16.9. The third kappa shape index (κ3) is 22.1. The highest BCUT2D eigenvalue weighted by molar-refractivity contribution is 5.71. The van der Waals surface area contributed by atoms with Crippen molar-refractivity contribution >= 4 is 17.9 Å². The van der Waals surface area contributed by atoms with Crippen molar-refractivity contribution in [3.8, 4) is 0 Å². The second-order valence-electron chi connectivity index (χ2n) is 19.5. The van der Waals surface area contributed by atoms with Crippen molar-refractivity contribution in [2.75, 3.05) is 19.6 Å². The number of unbranched alkanes of at least 4 members (excludes halogenated alkanes) is 20. The third-order valence-electron chi connectivity index (χ3n) is 14.1. The van der Waals surface area contributed by atoms with Gasteiger partial charge in [0.25, 0.3) is 6.48 Å². The molecule has 368 valence electrons. The molecule has 4 unspecified atom stereocenters. The van der Waals surface area contributed by atoms with Crippen LogP contribution in [0.1, 0.15) is 247 Å². The van der Waals surface area contributed by atoms with Crippen LogP contribution in [0.2, 0.25) is 0 Å². The van der Waals surface area contributed by atoms with Gasteiger partial charge in [-0.05, 0) is 63.6 Å². The van der Waals surface area contributed by atoms with Gasteiger partial charge in [0.05, 0.1) is 0 Å². The van der Waals surface area contributed by atoms with E-state index in [0.29, 0.717) is 19.3 Å². The van der Waals surface area contributed by atoms with Crippen LogP contribution >= 0.6 is 0 Å². The standard InChI is InChI=1S/C53H97NO9/c1-7-13-17-21-25-29-34-42(35-30-26-22-18-14-8-2)40-45(56)59-48-50-47(58-44(55)38-33-39-54(11-5)12-6)51-49(52(48)63-53(61-50)62-51)60-46(57)41-43(36-31-27-23-19-15-9-3)37-32-28-24-20-16-10-4/h42-43,47-53H,7-41H2,1-6H3. The number of nitrogens with zero attached hydrogens (tertiary/aromatic N) is 1. The summed E-state index contributed by atoms with van der Waals surface area (Å²) >= 11 is 0. The van der Waals surface area contributed by atoms with E-state index >= 15 is 0 Å². The molecule has 1 aliphatic carbocycles. The van der Waals surface area contributed by atoms with Crippen molar-refractivity contribution in [1.82, 2.24) is 4.90 Å². The topological polar surface area (TPSA) is 110 Å². The second kappa shape index (κ2) is 34.5. The Balaban J connectivity index is 1.75. The van der Waals surface area contributed by atoms with E-state index in [9.17, 15) is 14.4 Å². The summed E-state index contributed by atoms with van der Waals surface area (Å²) < 4.78 is 37.5. The summed E-state index contributed by atoms with van der Waals surface area (Å²) in [6.45, 7) is 14.8. The van der Waals surface area contributed by atoms with Crippen LogP contribution in [-0.4, -0.2) is 85.5 Å². The van der Waals surface area contributed by atoms with Gasteiger partial charge in [0.1, 0.15) is 18.3 Å². The van der Waals surface area contributed by atoms with Crippen LogP contribution in [-0.2, 0) is 42.8 Å². The zero-order valence-electron chi connectivity index (χ0n) is 41.6. The lowest BCUT2D eigenvalue weighted by Crippen LogP contribution is -2.76. The Labute approximate surface area is 386 Å². The van der Waals surface area contributed by atoms with E-state index in [1.807, 2.05) is 0 Å². The largest absolute Gasteiger partial charge is 0.456 e. The first-order valence-corrected chi connectivity index (χ1v) is 27.0. The summed E-state index contributed by atoms with van der Waals surface area (Å²) in [5.41, 5.74) is 0. The molecule has 0 aromatic carbocycles. The lowest BCUT2D eigenvalue weighted by Gasteiger charge is -2.57. The number of carbonyl (C=O) groups excluding carboxylic acids is 3. The molecule has 4 bridgehead atoms. The van der Waals surface area contributed by atoms with E-state index in [0.717, 1.165) is 71.0 Å². The molecule has 0 spiro atoms. The van der Waals surface area contributed by atoms with E-state index < -0.39 is 43.1 Å². The molecular formula is C53H97NO9. The molecule has 0 aromatic rings. The highest BCUT2D eigenvalue weighted by Crippen LogP contribution is 2.44. The van der Waals surface area contributed by atoms with Crippen LogP contribution in [0.3, 0.4) is 0 Å². The minimum absolute atomic E-state index is 0.236. The number of hydrogen-bond acceptors (Lipinski definition) is 10. The smallest absolute Gasteiger partial charge is 0.306 e. The van der Waals surface area contributed by atoms with Crippen LogP contribution in [0.15, 0.2) is 0 Å². The zero-order valence-corrected chi connectivity index (χ0v) is 41.6. The van der Waals surface area contributed by atoms with Crippen molar-refractivity contribution in [3.63, 3.8) is 0 Å². The van der Waals surface area contributed by atoms with Gasteiger partial charge in [-0.1, -0.05) is 196 Å². The Bertz CT molecular complexity index is 1080. The quantitative estimate of drug-likeness (QED) is 0.0334.